The fourth-order valence-corrected chi connectivity index (χ4v) is 2.37. The number of hydrogen-bond donors (Lipinski definition) is 1. The minimum absolute atomic E-state index is 0.373. The highest BCUT2D eigenvalue weighted by atomic mass is 32.1. The first-order chi connectivity index (χ1) is 7.45. The second-order valence-corrected chi connectivity index (χ2v) is 4.57. The van der Waals surface area contributed by atoms with Crippen LogP contribution in [0.2, 0.25) is 0 Å². The second-order valence-electron chi connectivity index (χ2n) is 3.79. The summed E-state index contributed by atoms with van der Waals surface area (Å²) in [7, 11) is 0. The number of rotatable bonds is 5. The Balaban J connectivity index is 1.57. The van der Waals surface area contributed by atoms with E-state index in [1.807, 2.05) is 6.26 Å². The maximum absolute atomic E-state index is 5.47. The molecule has 3 heteroatoms. The van der Waals surface area contributed by atoms with Crippen LogP contribution in [-0.2, 0) is 11.2 Å². The molecule has 1 aliphatic heterocycles. The van der Waals surface area contributed by atoms with Gasteiger partial charge in [-0.25, -0.2) is 0 Å². The van der Waals surface area contributed by atoms with Crippen LogP contribution in [0.15, 0.2) is 29.2 Å². The van der Waals surface area contributed by atoms with Crippen molar-refractivity contribution < 1.29 is 4.74 Å². The number of nitrogens with one attached hydrogen (secondary N) is 1. The van der Waals surface area contributed by atoms with Crippen molar-refractivity contribution in [2.24, 2.45) is 0 Å². The first kappa shape index (κ1) is 10.7. The molecule has 2 rings (SSSR count). The molecule has 1 atom stereocenters. The Kier molecular flexibility index (Phi) is 4.23. The minimum Gasteiger partial charge on any atom is -0.497 e. The van der Waals surface area contributed by atoms with E-state index in [2.05, 4.69) is 28.2 Å². The molecule has 1 unspecified atom stereocenters. The van der Waals surface area contributed by atoms with Gasteiger partial charge in [0, 0.05) is 6.54 Å². The van der Waals surface area contributed by atoms with E-state index >= 15 is 0 Å². The maximum Gasteiger partial charge on any atom is 0.110 e. The van der Waals surface area contributed by atoms with Crippen molar-refractivity contribution in [3.05, 3.63) is 34.7 Å². The summed E-state index contributed by atoms with van der Waals surface area (Å²) in [4.78, 5) is 0. The van der Waals surface area contributed by atoms with E-state index < -0.39 is 0 Å². The molecule has 0 aromatic carbocycles. The summed E-state index contributed by atoms with van der Waals surface area (Å²) in [6, 6.07) is 2.19. The fraction of sp³-hybridized carbons (Fsp3) is 0.500. The second kappa shape index (κ2) is 5.93. The van der Waals surface area contributed by atoms with E-state index in [9.17, 15) is 0 Å². The van der Waals surface area contributed by atoms with E-state index in [1.54, 1.807) is 11.3 Å². The summed E-state index contributed by atoms with van der Waals surface area (Å²) in [5.74, 6) is 0. The first-order valence-corrected chi connectivity index (χ1v) is 6.42. The van der Waals surface area contributed by atoms with Crippen LogP contribution in [0.4, 0.5) is 0 Å². The molecule has 0 saturated heterocycles. The van der Waals surface area contributed by atoms with Gasteiger partial charge in [-0.1, -0.05) is 0 Å². The van der Waals surface area contributed by atoms with Crippen LogP contribution in [0.5, 0.6) is 0 Å². The Hall–Kier alpha value is -0.800. The summed E-state index contributed by atoms with van der Waals surface area (Å²) >= 11 is 1.76. The average molecular weight is 223 g/mol. The molecule has 0 fully saturated rings. The van der Waals surface area contributed by atoms with Crippen LogP contribution >= 0.6 is 11.3 Å². The zero-order valence-electron chi connectivity index (χ0n) is 8.82. The standard InChI is InChI=1S/C12H17NOS/c1-2-7-14-12(3-1)9-13-6-4-11-5-8-15-10-11/h2,5,7-8,10,12-13H,1,3-4,6,9H2. The van der Waals surface area contributed by atoms with Gasteiger partial charge in [0.15, 0.2) is 0 Å². The van der Waals surface area contributed by atoms with E-state index in [-0.39, 0.29) is 0 Å². The first-order valence-electron chi connectivity index (χ1n) is 5.47. The highest BCUT2D eigenvalue weighted by molar-refractivity contribution is 7.07. The van der Waals surface area contributed by atoms with Crippen molar-refractivity contribution in [1.29, 1.82) is 0 Å². The molecular formula is C12H17NOS. The third-order valence-corrected chi connectivity index (χ3v) is 3.30. The number of ether oxygens (including phenoxy) is 1. The van der Waals surface area contributed by atoms with Gasteiger partial charge in [-0.05, 0) is 54.3 Å². The Morgan fingerprint density at radius 1 is 1.53 bits per heavy atom. The average Bonchev–Trinajstić information content (AvgIpc) is 2.79. The smallest absolute Gasteiger partial charge is 0.110 e. The topological polar surface area (TPSA) is 21.3 Å². The van der Waals surface area contributed by atoms with E-state index in [1.165, 1.54) is 5.56 Å². The molecule has 1 aliphatic rings. The van der Waals surface area contributed by atoms with Gasteiger partial charge >= 0.3 is 0 Å². The summed E-state index contributed by atoms with van der Waals surface area (Å²) < 4.78 is 5.47. The maximum atomic E-state index is 5.47. The molecule has 2 nitrogen and oxygen atoms in total. The van der Waals surface area contributed by atoms with Crippen molar-refractivity contribution in [2.75, 3.05) is 13.1 Å². The highest BCUT2D eigenvalue weighted by Gasteiger charge is 2.09. The van der Waals surface area contributed by atoms with Gasteiger partial charge in [-0.15, -0.1) is 0 Å². The van der Waals surface area contributed by atoms with Crippen LogP contribution in [0, 0.1) is 0 Å². The molecule has 2 heterocycles. The lowest BCUT2D eigenvalue weighted by atomic mass is 10.1. The van der Waals surface area contributed by atoms with Crippen molar-refractivity contribution in [1.82, 2.24) is 5.32 Å². The molecule has 82 valence electrons. The van der Waals surface area contributed by atoms with Crippen molar-refractivity contribution in [3.8, 4) is 0 Å². The number of hydrogen-bond acceptors (Lipinski definition) is 3. The molecule has 1 aromatic rings. The molecule has 0 aliphatic carbocycles. The molecule has 0 amide bonds. The lowest BCUT2D eigenvalue weighted by molar-refractivity contribution is 0.123. The molecule has 1 N–H and O–H groups in total. The zero-order valence-corrected chi connectivity index (χ0v) is 9.63. The molecule has 0 radical (unpaired) electrons. The van der Waals surface area contributed by atoms with Crippen molar-refractivity contribution in [3.63, 3.8) is 0 Å². The summed E-state index contributed by atoms with van der Waals surface area (Å²) in [5, 5.41) is 7.78. The van der Waals surface area contributed by atoms with Gasteiger partial charge in [-0.3, -0.25) is 0 Å². The van der Waals surface area contributed by atoms with Gasteiger partial charge in [0.2, 0.25) is 0 Å². The normalized spacial score (nSPS) is 20.1. The van der Waals surface area contributed by atoms with Crippen LogP contribution in [0.3, 0.4) is 0 Å². The Morgan fingerprint density at radius 2 is 2.53 bits per heavy atom. The van der Waals surface area contributed by atoms with Crippen LogP contribution in [0.25, 0.3) is 0 Å². The van der Waals surface area contributed by atoms with Gasteiger partial charge in [0.1, 0.15) is 6.10 Å². The van der Waals surface area contributed by atoms with Gasteiger partial charge in [0.25, 0.3) is 0 Å². The summed E-state index contributed by atoms with van der Waals surface area (Å²) in [6.07, 6.45) is 7.69. The summed E-state index contributed by atoms with van der Waals surface area (Å²) in [6.45, 7) is 2.01. The fourth-order valence-electron chi connectivity index (χ4n) is 1.67. The summed E-state index contributed by atoms with van der Waals surface area (Å²) in [5.41, 5.74) is 1.43. The number of allylic oxidation sites excluding steroid dienone is 1. The largest absolute Gasteiger partial charge is 0.497 e. The van der Waals surface area contributed by atoms with Crippen molar-refractivity contribution >= 4 is 11.3 Å². The monoisotopic (exact) mass is 223 g/mol. The van der Waals surface area contributed by atoms with E-state index in [4.69, 9.17) is 4.74 Å². The minimum atomic E-state index is 0.373. The molecule has 15 heavy (non-hydrogen) atoms. The van der Waals surface area contributed by atoms with Crippen LogP contribution in [0.1, 0.15) is 18.4 Å². The lowest BCUT2D eigenvalue weighted by Crippen LogP contribution is -2.30. The third kappa shape index (κ3) is 3.68. The molecule has 0 bridgehead atoms. The predicted octanol–water partition coefficient (Wildman–Crippen LogP) is 2.57. The Morgan fingerprint density at radius 3 is 3.27 bits per heavy atom. The highest BCUT2D eigenvalue weighted by Crippen LogP contribution is 2.09. The lowest BCUT2D eigenvalue weighted by Gasteiger charge is -2.19. The Labute approximate surface area is 95.0 Å². The van der Waals surface area contributed by atoms with Gasteiger partial charge in [-0.2, -0.15) is 11.3 Å². The van der Waals surface area contributed by atoms with Crippen LogP contribution < -0.4 is 5.32 Å². The quantitative estimate of drug-likeness (QED) is 0.775. The predicted molar refractivity (Wildman–Crippen MR) is 64.1 cm³/mol. The van der Waals surface area contributed by atoms with Crippen LogP contribution in [-0.4, -0.2) is 19.2 Å². The Bertz CT molecular complexity index is 295. The van der Waals surface area contributed by atoms with E-state index in [0.29, 0.717) is 6.10 Å². The molecule has 0 saturated carbocycles. The SMILES string of the molecule is C1=COC(CNCCc2ccsc2)CC1. The molecule has 0 spiro atoms. The van der Waals surface area contributed by atoms with E-state index in [0.717, 1.165) is 32.4 Å². The molecule has 1 aromatic heterocycles. The zero-order chi connectivity index (χ0) is 10.3. The van der Waals surface area contributed by atoms with Crippen molar-refractivity contribution in [2.45, 2.75) is 25.4 Å². The third-order valence-electron chi connectivity index (χ3n) is 2.57. The van der Waals surface area contributed by atoms with Gasteiger partial charge < -0.3 is 10.1 Å². The van der Waals surface area contributed by atoms with Gasteiger partial charge in [0.05, 0.1) is 6.26 Å². The molecular weight excluding hydrogens is 206 g/mol. The number of thiophene rings is 1.